The fourth-order valence-corrected chi connectivity index (χ4v) is 4.15. The molecule has 2 heterocycles. The molecule has 0 bridgehead atoms. The van der Waals surface area contributed by atoms with E-state index in [1.165, 1.54) is 19.3 Å². The van der Waals surface area contributed by atoms with E-state index in [0.717, 1.165) is 35.7 Å². The molecule has 23 heavy (non-hydrogen) atoms. The van der Waals surface area contributed by atoms with Crippen LogP contribution in [0.1, 0.15) is 48.9 Å². The molecule has 1 saturated carbocycles. The summed E-state index contributed by atoms with van der Waals surface area (Å²) in [5.74, 6) is 0.00885. The van der Waals surface area contributed by atoms with Crippen molar-refractivity contribution < 1.29 is 9.53 Å². The largest absolute Gasteiger partial charge is 0.373 e. The van der Waals surface area contributed by atoms with Crippen molar-refractivity contribution in [1.29, 1.82) is 0 Å². The van der Waals surface area contributed by atoms with E-state index >= 15 is 0 Å². The molecule has 2 aliphatic rings. The molecule has 122 valence electrons. The molecule has 1 unspecified atom stereocenters. The van der Waals surface area contributed by atoms with Gasteiger partial charge in [0.05, 0.1) is 18.2 Å². The van der Waals surface area contributed by atoms with E-state index in [4.69, 9.17) is 4.74 Å². The van der Waals surface area contributed by atoms with Gasteiger partial charge in [-0.3, -0.25) is 4.79 Å². The van der Waals surface area contributed by atoms with Crippen molar-refractivity contribution in [3.63, 3.8) is 0 Å². The second kappa shape index (κ2) is 5.68. The summed E-state index contributed by atoms with van der Waals surface area (Å²) in [6, 6.07) is 8.10. The Hall–Kier alpha value is -1.81. The van der Waals surface area contributed by atoms with Gasteiger partial charge in [-0.25, -0.2) is 0 Å². The standard InChI is InChI=1S/C19H24N2O2/c1-21-10-7-14-5-6-15(11-17(14)21)18(22)20-16-12-19(23-13-16)8-3-2-4-9-19/h5-7,10-11,16H,2-4,8-9,12-13H2,1H3,(H,20,22). The van der Waals surface area contributed by atoms with Gasteiger partial charge in [-0.05, 0) is 42.8 Å². The molecule has 1 N–H and O–H groups in total. The van der Waals surface area contributed by atoms with Gasteiger partial charge in [0, 0.05) is 24.3 Å². The molecule has 1 amide bonds. The minimum absolute atomic E-state index is 0.00885. The molecule has 1 aliphatic heterocycles. The number of fused-ring (bicyclic) bond motifs is 1. The quantitative estimate of drug-likeness (QED) is 0.923. The molecule has 0 radical (unpaired) electrons. The maximum Gasteiger partial charge on any atom is 0.251 e. The lowest BCUT2D eigenvalue weighted by atomic mass is 9.82. The van der Waals surface area contributed by atoms with Crippen LogP contribution in [-0.2, 0) is 11.8 Å². The topological polar surface area (TPSA) is 43.3 Å². The lowest BCUT2D eigenvalue weighted by Crippen LogP contribution is -2.37. The van der Waals surface area contributed by atoms with Gasteiger partial charge < -0.3 is 14.6 Å². The number of hydrogen-bond donors (Lipinski definition) is 1. The summed E-state index contributed by atoms with van der Waals surface area (Å²) in [7, 11) is 2.00. The van der Waals surface area contributed by atoms with E-state index in [0.29, 0.717) is 6.61 Å². The number of amides is 1. The molecule has 4 heteroatoms. The first-order valence-electron chi connectivity index (χ1n) is 8.65. The third-order valence-corrected chi connectivity index (χ3v) is 5.46. The Bertz CT molecular complexity index is 728. The monoisotopic (exact) mass is 312 g/mol. The lowest BCUT2D eigenvalue weighted by Gasteiger charge is -2.32. The number of hydrogen-bond acceptors (Lipinski definition) is 2. The summed E-state index contributed by atoms with van der Waals surface area (Å²) in [5.41, 5.74) is 1.85. The average Bonchev–Trinajstić information content (AvgIpc) is 3.12. The van der Waals surface area contributed by atoms with E-state index in [1.54, 1.807) is 0 Å². The summed E-state index contributed by atoms with van der Waals surface area (Å²) >= 11 is 0. The van der Waals surface area contributed by atoms with Crippen LogP contribution in [0.4, 0.5) is 0 Å². The highest BCUT2D eigenvalue weighted by atomic mass is 16.5. The van der Waals surface area contributed by atoms with Crippen molar-refractivity contribution in [3.8, 4) is 0 Å². The molecule has 1 aliphatic carbocycles. The Morgan fingerprint density at radius 2 is 2.09 bits per heavy atom. The Balaban J connectivity index is 1.46. The van der Waals surface area contributed by atoms with E-state index in [1.807, 2.05) is 36.0 Å². The molecule has 4 rings (SSSR count). The predicted octanol–water partition coefficient (Wildman–Crippen LogP) is 3.40. The summed E-state index contributed by atoms with van der Waals surface area (Å²) in [5, 5.41) is 4.33. The van der Waals surface area contributed by atoms with E-state index in [-0.39, 0.29) is 17.6 Å². The minimum atomic E-state index is 0.00885. The molecular weight excluding hydrogens is 288 g/mol. The van der Waals surface area contributed by atoms with E-state index < -0.39 is 0 Å². The number of carbonyl (C=O) groups is 1. The molecule has 4 nitrogen and oxygen atoms in total. The number of aryl methyl sites for hydroxylation is 1. The molecule has 1 atom stereocenters. The van der Waals surface area contributed by atoms with Crippen LogP contribution in [0.5, 0.6) is 0 Å². The van der Waals surface area contributed by atoms with E-state index in [2.05, 4.69) is 11.4 Å². The molecule has 1 saturated heterocycles. The Kier molecular flexibility index (Phi) is 3.64. The van der Waals surface area contributed by atoms with Gasteiger partial charge in [-0.1, -0.05) is 25.3 Å². The van der Waals surface area contributed by atoms with Gasteiger partial charge in [-0.2, -0.15) is 0 Å². The average molecular weight is 312 g/mol. The number of nitrogens with zero attached hydrogens (tertiary/aromatic N) is 1. The third-order valence-electron chi connectivity index (χ3n) is 5.46. The minimum Gasteiger partial charge on any atom is -0.373 e. The number of benzene rings is 1. The number of rotatable bonds is 2. The van der Waals surface area contributed by atoms with Crippen LogP contribution < -0.4 is 5.32 Å². The van der Waals surface area contributed by atoms with Gasteiger partial charge in [0.25, 0.3) is 5.91 Å². The summed E-state index contributed by atoms with van der Waals surface area (Å²) < 4.78 is 8.13. The van der Waals surface area contributed by atoms with Gasteiger partial charge in [-0.15, -0.1) is 0 Å². The molecule has 2 aromatic rings. The Labute approximate surface area is 136 Å². The molecular formula is C19H24N2O2. The zero-order valence-corrected chi connectivity index (χ0v) is 13.7. The highest BCUT2D eigenvalue weighted by Gasteiger charge is 2.41. The van der Waals surface area contributed by atoms with Gasteiger partial charge >= 0.3 is 0 Å². The SMILES string of the molecule is Cn1ccc2ccc(C(=O)NC3COC4(CCCCC4)C3)cc21. The van der Waals surface area contributed by atoms with Crippen LogP contribution in [0, 0.1) is 0 Å². The first-order chi connectivity index (χ1) is 11.2. The van der Waals surface area contributed by atoms with Crippen molar-refractivity contribution in [2.75, 3.05) is 6.61 Å². The predicted molar refractivity (Wildman–Crippen MR) is 90.6 cm³/mol. The van der Waals surface area contributed by atoms with Crippen molar-refractivity contribution in [2.45, 2.75) is 50.2 Å². The highest BCUT2D eigenvalue weighted by molar-refractivity contribution is 5.98. The molecule has 1 aromatic carbocycles. The van der Waals surface area contributed by atoms with Crippen LogP contribution in [0.2, 0.25) is 0 Å². The van der Waals surface area contributed by atoms with Crippen LogP contribution in [-0.4, -0.2) is 28.7 Å². The van der Waals surface area contributed by atoms with Gasteiger partial charge in [0.2, 0.25) is 0 Å². The fourth-order valence-electron chi connectivity index (χ4n) is 4.15. The second-order valence-electron chi connectivity index (χ2n) is 7.13. The molecule has 2 fully saturated rings. The first-order valence-corrected chi connectivity index (χ1v) is 8.65. The van der Waals surface area contributed by atoms with Gasteiger partial charge in [0.15, 0.2) is 0 Å². The fraction of sp³-hybridized carbons (Fsp3) is 0.526. The smallest absolute Gasteiger partial charge is 0.251 e. The summed E-state index contributed by atoms with van der Waals surface area (Å²) in [6.07, 6.45) is 9.10. The van der Waals surface area contributed by atoms with Crippen LogP contribution in [0.25, 0.3) is 10.9 Å². The van der Waals surface area contributed by atoms with Crippen molar-refractivity contribution in [3.05, 3.63) is 36.0 Å². The lowest BCUT2D eigenvalue weighted by molar-refractivity contribution is -0.0246. The van der Waals surface area contributed by atoms with Crippen LogP contribution >= 0.6 is 0 Å². The zero-order chi connectivity index (χ0) is 15.9. The second-order valence-corrected chi connectivity index (χ2v) is 7.13. The molecule has 1 aromatic heterocycles. The summed E-state index contributed by atoms with van der Waals surface area (Å²) in [4.78, 5) is 12.6. The normalized spacial score (nSPS) is 23.4. The van der Waals surface area contributed by atoms with Crippen molar-refractivity contribution >= 4 is 16.8 Å². The maximum absolute atomic E-state index is 12.6. The summed E-state index contributed by atoms with van der Waals surface area (Å²) in [6.45, 7) is 0.651. The maximum atomic E-state index is 12.6. The van der Waals surface area contributed by atoms with E-state index in [9.17, 15) is 4.79 Å². The van der Waals surface area contributed by atoms with Crippen molar-refractivity contribution in [1.82, 2.24) is 9.88 Å². The number of nitrogens with one attached hydrogen (secondary N) is 1. The highest BCUT2D eigenvalue weighted by Crippen LogP contribution is 2.39. The van der Waals surface area contributed by atoms with Crippen molar-refractivity contribution in [2.24, 2.45) is 7.05 Å². The Morgan fingerprint density at radius 3 is 2.91 bits per heavy atom. The Morgan fingerprint density at radius 1 is 1.26 bits per heavy atom. The number of carbonyl (C=O) groups excluding carboxylic acids is 1. The van der Waals surface area contributed by atoms with Crippen LogP contribution in [0.3, 0.4) is 0 Å². The third kappa shape index (κ3) is 2.76. The number of ether oxygens (including phenoxy) is 1. The zero-order valence-electron chi connectivity index (χ0n) is 13.7. The van der Waals surface area contributed by atoms with Crippen LogP contribution in [0.15, 0.2) is 30.5 Å². The first kappa shape index (κ1) is 14.8. The number of aromatic nitrogens is 1. The van der Waals surface area contributed by atoms with Gasteiger partial charge in [0.1, 0.15) is 0 Å². The molecule has 1 spiro atoms.